The molecule has 3 rings (SSSR count). The molecule has 19 heavy (non-hydrogen) atoms. The molecule has 1 aliphatic heterocycles. The van der Waals surface area contributed by atoms with E-state index in [1.54, 1.807) is 0 Å². The minimum atomic E-state index is 0.273. The Morgan fingerprint density at radius 2 is 1.74 bits per heavy atom. The monoisotopic (exact) mass is 252 g/mol. The minimum absolute atomic E-state index is 0.273. The van der Waals surface area contributed by atoms with E-state index in [0.717, 1.165) is 0 Å². The molecule has 1 aromatic heterocycles. The maximum Gasteiger partial charge on any atom is 0.213 e. The number of aromatic nitrogens is 1. The van der Waals surface area contributed by atoms with Crippen LogP contribution in [0.3, 0.4) is 0 Å². The molecule has 1 nitrogen and oxygen atoms in total. The molecule has 98 valence electrons. The van der Waals surface area contributed by atoms with E-state index in [1.807, 2.05) is 0 Å². The second kappa shape index (κ2) is 4.80. The molecular formula is C18H22N+. The van der Waals surface area contributed by atoms with Crippen LogP contribution in [0.1, 0.15) is 38.7 Å². The summed E-state index contributed by atoms with van der Waals surface area (Å²) in [5.41, 5.74) is 4.55. The molecule has 1 aromatic carbocycles. The van der Waals surface area contributed by atoms with Gasteiger partial charge in [0.05, 0.1) is 0 Å². The van der Waals surface area contributed by atoms with Crippen molar-refractivity contribution in [1.82, 2.24) is 0 Å². The third kappa shape index (κ3) is 1.88. The van der Waals surface area contributed by atoms with Crippen LogP contribution in [-0.4, -0.2) is 0 Å². The molecule has 0 unspecified atom stereocenters. The Bertz CT molecular complexity index is 582. The molecule has 0 spiro atoms. The predicted molar refractivity (Wildman–Crippen MR) is 79.0 cm³/mol. The molecule has 1 aliphatic rings. The molecule has 0 fully saturated rings. The first-order valence-corrected chi connectivity index (χ1v) is 7.40. The Morgan fingerprint density at radius 3 is 2.53 bits per heavy atom. The maximum absolute atomic E-state index is 2.53. The van der Waals surface area contributed by atoms with Crippen LogP contribution in [0.2, 0.25) is 0 Å². The summed E-state index contributed by atoms with van der Waals surface area (Å²) < 4.78 is 2.53. The number of benzene rings is 1. The Labute approximate surface area is 115 Å². The van der Waals surface area contributed by atoms with Crippen molar-refractivity contribution in [3.05, 3.63) is 54.2 Å². The topological polar surface area (TPSA) is 3.88 Å². The fourth-order valence-corrected chi connectivity index (χ4v) is 3.50. The van der Waals surface area contributed by atoms with E-state index in [0.29, 0.717) is 0 Å². The summed E-state index contributed by atoms with van der Waals surface area (Å²) in [6.45, 7) is 4.65. The first kappa shape index (κ1) is 12.4. The van der Waals surface area contributed by atoms with Gasteiger partial charge < -0.3 is 0 Å². The van der Waals surface area contributed by atoms with Gasteiger partial charge in [-0.15, -0.1) is 0 Å². The van der Waals surface area contributed by atoms with Gasteiger partial charge in [-0.05, 0) is 24.1 Å². The van der Waals surface area contributed by atoms with Gasteiger partial charge in [-0.2, -0.15) is 4.57 Å². The number of hydrogen-bond acceptors (Lipinski definition) is 0. The summed E-state index contributed by atoms with van der Waals surface area (Å²) in [7, 11) is 0. The van der Waals surface area contributed by atoms with E-state index in [4.69, 9.17) is 0 Å². The van der Waals surface area contributed by atoms with Crippen molar-refractivity contribution in [2.24, 2.45) is 0 Å². The number of pyridine rings is 1. The fraction of sp³-hybridized carbons (Fsp3) is 0.389. The average molecular weight is 252 g/mol. The zero-order chi connectivity index (χ0) is 13.3. The van der Waals surface area contributed by atoms with Crippen molar-refractivity contribution in [3.63, 3.8) is 0 Å². The van der Waals surface area contributed by atoms with Crippen LogP contribution in [0.5, 0.6) is 0 Å². The van der Waals surface area contributed by atoms with E-state index in [-0.39, 0.29) is 5.54 Å². The Morgan fingerprint density at radius 1 is 1.00 bits per heavy atom. The molecule has 0 atom stereocenters. The van der Waals surface area contributed by atoms with Crippen LogP contribution in [0.4, 0.5) is 0 Å². The van der Waals surface area contributed by atoms with Crippen LogP contribution in [0.15, 0.2) is 48.7 Å². The first-order chi connectivity index (χ1) is 9.30. The van der Waals surface area contributed by atoms with E-state index in [9.17, 15) is 0 Å². The normalized spacial score (nSPS) is 16.3. The first-order valence-electron chi connectivity index (χ1n) is 7.40. The van der Waals surface area contributed by atoms with E-state index in [2.05, 4.69) is 67.1 Å². The van der Waals surface area contributed by atoms with Gasteiger partial charge in [0.15, 0.2) is 11.7 Å². The SMILES string of the molecule is CCC1(CC)CCc2ccccc2-c2cccc[n+]21. The van der Waals surface area contributed by atoms with Gasteiger partial charge >= 0.3 is 0 Å². The van der Waals surface area contributed by atoms with Gasteiger partial charge in [0.2, 0.25) is 5.69 Å². The average Bonchev–Trinajstić information content (AvgIpc) is 2.63. The third-order valence-corrected chi connectivity index (χ3v) is 4.84. The van der Waals surface area contributed by atoms with Crippen molar-refractivity contribution in [2.45, 2.75) is 45.1 Å². The highest BCUT2D eigenvalue weighted by Crippen LogP contribution is 2.34. The number of fused-ring (bicyclic) bond motifs is 3. The zero-order valence-electron chi connectivity index (χ0n) is 11.9. The van der Waals surface area contributed by atoms with Gasteiger partial charge in [0.25, 0.3) is 0 Å². The minimum Gasteiger partial charge on any atom is -0.193 e. The van der Waals surface area contributed by atoms with Gasteiger partial charge in [0, 0.05) is 37.0 Å². The van der Waals surface area contributed by atoms with Crippen LogP contribution < -0.4 is 4.57 Å². The largest absolute Gasteiger partial charge is 0.213 e. The molecule has 0 amide bonds. The Hall–Kier alpha value is -1.63. The van der Waals surface area contributed by atoms with Crippen LogP contribution in [-0.2, 0) is 12.0 Å². The standard InChI is InChI=1S/C18H22N/c1-3-18(4-2)13-12-15-9-5-6-10-16(15)17-11-7-8-14-19(17)18/h5-11,14H,3-4,12-13H2,1-2H3/q+1. The summed E-state index contributed by atoms with van der Waals surface area (Å²) in [5.74, 6) is 0. The third-order valence-electron chi connectivity index (χ3n) is 4.84. The van der Waals surface area contributed by atoms with Gasteiger partial charge in [-0.25, -0.2) is 0 Å². The van der Waals surface area contributed by atoms with Crippen molar-refractivity contribution in [1.29, 1.82) is 0 Å². The number of hydrogen-bond donors (Lipinski definition) is 0. The number of nitrogens with zero attached hydrogens (tertiary/aromatic N) is 1. The van der Waals surface area contributed by atoms with Gasteiger partial charge in [-0.3, -0.25) is 0 Å². The van der Waals surface area contributed by atoms with Crippen LogP contribution in [0.25, 0.3) is 11.3 Å². The summed E-state index contributed by atoms with van der Waals surface area (Å²) in [6, 6.07) is 15.5. The summed E-state index contributed by atoms with van der Waals surface area (Å²) in [5, 5.41) is 0. The molecule has 0 saturated heterocycles. The molecule has 2 aromatic rings. The van der Waals surface area contributed by atoms with Crippen LogP contribution >= 0.6 is 0 Å². The Balaban J connectivity index is 2.28. The predicted octanol–water partition coefficient (Wildman–Crippen LogP) is 4.10. The van der Waals surface area contributed by atoms with E-state index >= 15 is 0 Å². The van der Waals surface area contributed by atoms with Crippen molar-refractivity contribution in [3.8, 4) is 11.3 Å². The highest BCUT2D eigenvalue weighted by atomic mass is 15.1. The summed E-state index contributed by atoms with van der Waals surface area (Å²) in [4.78, 5) is 0. The lowest BCUT2D eigenvalue weighted by Crippen LogP contribution is -2.56. The molecule has 2 heterocycles. The molecular weight excluding hydrogens is 230 g/mol. The second-order valence-electron chi connectivity index (χ2n) is 5.54. The summed E-state index contributed by atoms with van der Waals surface area (Å²) in [6.07, 6.45) is 7.07. The van der Waals surface area contributed by atoms with Crippen molar-refractivity contribution in [2.75, 3.05) is 0 Å². The number of rotatable bonds is 2. The van der Waals surface area contributed by atoms with E-state index in [1.165, 1.54) is 42.5 Å². The van der Waals surface area contributed by atoms with Gasteiger partial charge in [0.1, 0.15) is 0 Å². The van der Waals surface area contributed by atoms with Crippen molar-refractivity contribution < 1.29 is 4.57 Å². The second-order valence-corrected chi connectivity index (χ2v) is 5.54. The molecule has 0 saturated carbocycles. The summed E-state index contributed by atoms with van der Waals surface area (Å²) >= 11 is 0. The smallest absolute Gasteiger partial charge is 0.193 e. The maximum atomic E-state index is 2.53. The highest BCUT2D eigenvalue weighted by Gasteiger charge is 2.40. The number of aryl methyl sites for hydroxylation is 1. The fourth-order valence-electron chi connectivity index (χ4n) is 3.50. The lowest BCUT2D eigenvalue weighted by Gasteiger charge is -2.26. The Kier molecular flexibility index (Phi) is 3.14. The highest BCUT2D eigenvalue weighted by molar-refractivity contribution is 5.61. The van der Waals surface area contributed by atoms with E-state index < -0.39 is 0 Å². The molecule has 0 N–H and O–H groups in total. The lowest BCUT2D eigenvalue weighted by molar-refractivity contribution is -0.757. The van der Waals surface area contributed by atoms with Gasteiger partial charge in [-0.1, -0.05) is 32.0 Å². The van der Waals surface area contributed by atoms with Crippen molar-refractivity contribution >= 4 is 0 Å². The molecule has 0 bridgehead atoms. The quantitative estimate of drug-likeness (QED) is 0.708. The lowest BCUT2D eigenvalue weighted by atomic mass is 9.86. The van der Waals surface area contributed by atoms with Crippen LogP contribution in [0, 0.1) is 0 Å². The zero-order valence-corrected chi connectivity index (χ0v) is 11.9. The molecule has 1 heteroatoms. The molecule has 0 radical (unpaired) electrons. The molecule has 0 aliphatic carbocycles.